The number of benzene rings is 1. The van der Waals surface area contributed by atoms with Gasteiger partial charge in [-0.1, -0.05) is 6.07 Å². The molecule has 29 heavy (non-hydrogen) atoms. The zero-order valence-electron chi connectivity index (χ0n) is 15.9. The zero-order valence-corrected chi connectivity index (χ0v) is 15.9. The Morgan fingerprint density at radius 2 is 2.07 bits per heavy atom. The Morgan fingerprint density at radius 1 is 1.28 bits per heavy atom. The number of hydrogen-bond acceptors (Lipinski definition) is 6. The van der Waals surface area contributed by atoms with Crippen molar-refractivity contribution in [1.29, 1.82) is 5.41 Å². The van der Waals surface area contributed by atoms with Crippen molar-refractivity contribution in [2.24, 2.45) is 0 Å². The average Bonchev–Trinajstić information content (AvgIpc) is 3.17. The SMILES string of the molecule is COc1ccc2c(c1)C(=O)N(C[C@@]1(c3cncc(C(C)=N)c3)NC(=O)NC1=O)C2. The van der Waals surface area contributed by atoms with Crippen LogP contribution < -0.4 is 15.4 Å². The van der Waals surface area contributed by atoms with Gasteiger partial charge in [-0.05, 0) is 30.7 Å². The van der Waals surface area contributed by atoms with Crippen molar-refractivity contribution in [3.05, 3.63) is 58.9 Å². The number of urea groups is 1. The van der Waals surface area contributed by atoms with Gasteiger partial charge >= 0.3 is 6.03 Å². The van der Waals surface area contributed by atoms with Crippen LogP contribution in [-0.4, -0.2) is 47.1 Å². The highest BCUT2D eigenvalue weighted by Crippen LogP contribution is 2.32. The summed E-state index contributed by atoms with van der Waals surface area (Å²) in [5.41, 5.74) is 1.04. The van der Waals surface area contributed by atoms with Crippen LogP contribution >= 0.6 is 0 Å². The van der Waals surface area contributed by atoms with E-state index >= 15 is 0 Å². The predicted octanol–water partition coefficient (Wildman–Crippen LogP) is 1.17. The largest absolute Gasteiger partial charge is 0.497 e. The van der Waals surface area contributed by atoms with Gasteiger partial charge in [-0.3, -0.25) is 19.9 Å². The fraction of sp³-hybridized carbons (Fsp3) is 0.250. The minimum atomic E-state index is -1.49. The summed E-state index contributed by atoms with van der Waals surface area (Å²) in [6, 6.07) is 6.25. The summed E-state index contributed by atoms with van der Waals surface area (Å²) in [4.78, 5) is 43.4. The monoisotopic (exact) mass is 393 g/mol. The van der Waals surface area contributed by atoms with Crippen LogP contribution in [-0.2, 0) is 16.9 Å². The lowest BCUT2D eigenvalue weighted by molar-refractivity contribution is -0.124. The van der Waals surface area contributed by atoms with Crippen molar-refractivity contribution in [3.8, 4) is 5.75 Å². The van der Waals surface area contributed by atoms with Crippen molar-refractivity contribution in [2.75, 3.05) is 13.7 Å². The third kappa shape index (κ3) is 3.00. The minimum Gasteiger partial charge on any atom is -0.497 e. The highest BCUT2D eigenvalue weighted by atomic mass is 16.5. The maximum absolute atomic E-state index is 13.0. The van der Waals surface area contributed by atoms with Gasteiger partial charge in [0.15, 0.2) is 5.54 Å². The van der Waals surface area contributed by atoms with Crippen LogP contribution in [0.5, 0.6) is 5.75 Å². The standard InChI is InChI=1S/C20H19N5O4/c1-11(21)13-5-14(8-22-7-13)20(18(27)23-19(28)24-20)10-25-9-12-3-4-15(29-2)6-16(12)17(25)26/h3-8,21H,9-10H2,1-2H3,(H2,23,24,27,28)/t20-/m0/s1. The number of methoxy groups -OCH3 is 1. The molecule has 1 saturated heterocycles. The van der Waals surface area contributed by atoms with E-state index < -0.39 is 17.5 Å². The summed E-state index contributed by atoms with van der Waals surface area (Å²) in [6.45, 7) is 1.84. The number of amides is 4. The molecular weight excluding hydrogens is 374 g/mol. The lowest BCUT2D eigenvalue weighted by Gasteiger charge is -2.31. The van der Waals surface area contributed by atoms with Gasteiger partial charge in [0.25, 0.3) is 11.8 Å². The normalized spacial score (nSPS) is 20.3. The smallest absolute Gasteiger partial charge is 0.322 e. The first kappa shape index (κ1) is 18.6. The second kappa shape index (κ2) is 6.69. The van der Waals surface area contributed by atoms with Crippen LogP contribution in [0.2, 0.25) is 0 Å². The van der Waals surface area contributed by atoms with Crippen LogP contribution in [0.3, 0.4) is 0 Å². The molecule has 4 rings (SSSR count). The Kier molecular flexibility index (Phi) is 4.30. The molecule has 0 saturated carbocycles. The van der Waals surface area contributed by atoms with Gasteiger partial charge in [-0.25, -0.2) is 4.79 Å². The molecule has 4 amide bonds. The Bertz CT molecular complexity index is 1070. The van der Waals surface area contributed by atoms with E-state index in [9.17, 15) is 14.4 Å². The van der Waals surface area contributed by atoms with E-state index in [1.165, 1.54) is 24.4 Å². The van der Waals surface area contributed by atoms with Gasteiger partial charge in [0, 0.05) is 41.3 Å². The molecule has 9 heteroatoms. The van der Waals surface area contributed by atoms with E-state index in [2.05, 4.69) is 15.6 Å². The number of pyridine rings is 1. The number of imide groups is 1. The minimum absolute atomic E-state index is 0.0669. The van der Waals surface area contributed by atoms with Crippen LogP contribution in [0, 0.1) is 5.41 Å². The van der Waals surface area contributed by atoms with Crippen molar-refractivity contribution in [1.82, 2.24) is 20.5 Å². The van der Waals surface area contributed by atoms with E-state index in [1.54, 1.807) is 25.1 Å². The van der Waals surface area contributed by atoms with E-state index in [4.69, 9.17) is 10.1 Å². The molecule has 3 N–H and O–H groups in total. The molecule has 0 unspecified atom stereocenters. The molecule has 0 aliphatic carbocycles. The molecule has 2 aromatic rings. The van der Waals surface area contributed by atoms with Gasteiger partial charge in [0.05, 0.1) is 13.7 Å². The van der Waals surface area contributed by atoms with Crippen LogP contribution in [0.25, 0.3) is 0 Å². The maximum Gasteiger partial charge on any atom is 0.322 e. The molecule has 0 bridgehead atoms. The van der Waals surface area contributed by atoms with Crippen LogP contribution in [0.4, 0.5) is 4.79 Å². The van der Waals surface area contributed by atoms with Gasteiger partial charge < -0.3 is 20.4 Å². The predicted molar refractivity (Wildman–Crippen MR) is 103 cm³/mol. The number of rotatable bonds is 5. The Morgan fingerprint density at radius 3 is 2.72 bits per heavy atom. The van der Waals surface area contributed by atoms with Gasteiger partial charge in [0.1, 0.15) is 5.75 Å². The number of aromatic nitrogens is 1. The zero-order chi connectivity index (χ0) is 20.8. The Hall–Kier alpha value is -3.75. The third-order valence-electron chi connectivity index (χ3n) is 5.23. The van der Waals surface area contributed by atoms with Crippen molar-refractivity contribution >= 4 is 23.6 Å². The molecule has 3 heterocycles. The summed E-state index contributed by atoms with van der Waals surface area (Å²) in [7, 11) is 1.53. The van der Waals surface area contributed by atoms with Crippen molar-refractivity contribution in [3.63, 3.8) is 0 Å². The maximum atomic E-state index is 13.0. The van der Waals surface area contributed by atoms with Gasteiger partial charge in [0.2, 0.25) is 0 Å². The third-order valence-corrected chi connectivity index (χ3v) is 5.23. The number of ether oxygens (including phenoxy) is 1. The molecule has 1 aromatic heterocycles. The number of nitrogens with one attached hydrogen (secondary N) is 3. The van der Waals surface area contributed by atoms with Crippen LogP contribution in [0.1, 0.15) is 34.0 Å². The average molecular weight is 393 g/mol. The highest BCUT2D eigenvalue weighted by molar-refractivity contribution is 6.08. The number of fused-ring (bicyclic) bond motifs is 1. The summed E-state index contributed by atoms with van der Waals surface area (Å²) in [6.07, 6.45) is 2.98. The second-order valence-electron chi connectivity index (χ2n) is 7.09. The molecule has 0 radical (unpaired) electrons. The molecule has 1 fully saturated rings. The second-order valence-corrected chi connectivity index (χ2v) is 7.09. The van der Waals surface area contributed by atoms with Crippen molar-refractivity contribution < 1.29 is 19.1 Å². The molecule has 1 atom stereocenters. The lowest BCUT2D eigenvalue weighted by Crippen LogP contribution is -2.52. The summed E-state index contributed by atoms with van der Waals surface area (Å²) in [5, 5.41) is 12.8. The number of nitrogens with zero attached hydrogens (tertiary/aromatic N) is 2. The Balaban J connectivity index is 1.72. The number of carbonyl (C=O) groups is 3. The highest BCUT2D eigenvalue weighted by Gasteiger charge is 2.50. The first-order chi connectivity index (χ1) is 13.8. The first-order valence-corrected chi connectivity index (χ1v) is 8.95. The summed E-state index contributed by atoms with van der Waals surface area (Å²) in [5.74, 6) is -0.246. The van der Waals surface area contributed by atoms with E-state index in [0.717, 1.165) is 5.56 Å². The van der Waals surface area contributed by atoms with E-state index in [1.807, 2.05) is 6.07 Å². The van der Waals surface area contributed by atoms with E-state index in [0.29, 0.717) is 29.0 Å². The fourth-order valence-electron chi connectivity index (χ4n) is 3.66. The molecule has 2 aliphatic rings. The Labute approximate surface area is 166 Å². The van der Waals surface area contributed by atoms with Gasteiger partial charge in [-0.2, -0.15) is 0 Å². The quantitative estimate of drug-likeness (QED) is 0.520. The van der Waals surface area contributed by atoms with Crippen LogP contribution in [0.15, 0.2) is 36.7 Å². The molecule has 1 aromatic carbocycles. The summed E-state index contributed by atoms with van der Waals surface area (Å²) < 4.78 is 5.19. The lowest BCUT2D eigenvalue weighted by atomic mass is 9.89. The van der Waals surface area contributed by atoms with E-state index in [-0.39, 0.29) is 18.2 Å². The molecule has 148 valence electrons. The molecule has 0 spiro atoms. The fourth-order valence-corrected chi connectivity index (χ4v) is 3.66. The summed E-state index contributed by atoms with van der Waals surface area (Å²) >= 11 is 0. The number of hydrogen-bond donors (Lipinski definition) is 3. The molecular formula is C20H19N5O4. The van der Waals surface area contributed by atoms with Crippen molar-refractivity contribution in [2.45, 2.75) is 19.0 Å². The first-order valence-electron chi connectivity index (χ1n) is 8.95. The number of carbonyl (C=O) groups excluding carboxylic acids is 3. The molecule has 9 nitrogen and oxygen atoms in total. The topological polar surface area (TPSA) is 124 Å². The van der Waals surface area contributed by atoms with Gasteiger partial charge in [-0.15, -0.1) is 0 Å². The molecule has 2 aliphatic heterocycles.